The molecule has 7 nitrogen and oxygen atoms in total. The number of aromatic nitrogens is 1. The smallest absolute Gasteiger partial charge is 0.295 e. The van der Waals surface area contributed by atoms with Gasteiger partial charge >= 0.3 is 0 Å². The van der Waals surface area contributed by atoms with Crippen molar-refractivity contribution in [3.05, 3.63) is 65.0 Å². The summed E-state index contributed by atoms with van der Waals surface area (Å²) < 4.78 is 10.3. The van der Waals surface area contributed by atoms with E-state index in [9.17, 15) is 14.7 Å². The second-order valence-corrected chi connectivity index (χ2v) is 6.81. The van der Waals surface area contributed by atoms with Gasteiger partial charge in [-0.2, -0.15) is 0 Å². The van der Waals surface area contributed by atoms with Gasteiger partial charge in [-0.05, 0) is 48.7 Å². The van der Waals surface area contributed by atoms with Crippen molar-refractivity contribution in [3.63, 3.8) is 0 Å². The van der Waals surface area contributed by atoms with Gasteiger partial charge in [-0.15, -0.1) is 0 Å². The van der Waals surface area contributed by atoms with E-state index in [1.165, 1.54) is 4.90 Å². The highest BCUT2D eigenvalue weighted by molar-refractivity contribution is 6.46. The number of benzene rings is 1. The summed E-state index contributed by atoms with van der Waals surface area (Å²) in [6, 6.07) is 7.94. The number of carbonyl (C=O) groups is 2. The van der Waals surface area contributed by atoms with Crippen molar-refractivity contribution in [1.82, 2.24) is 9.88 Å². The van der Waals surface area contributed by atoms with Gasteiger partial charge in [-0.25, -0.2) is 0 Å². The van der Waals surface area contributed by atoms with E-state index in [4.69, 9.17) is 9.47 Å². The standard InChI is InChI=1S/C22H24N2O5/c1-14-12-15(7-8-17(14)29-3)20(25)18-19(16-6-4-9-23-13-16)24(10-5-11-28-2)22(27)21(18)26/h4,6-9,12-13,19,25H,5,10-11H2,1-3H3. The highest BCUT2D eigenvalue weighted by Crippen LogP contribution is 2.39. The van der Waals surface area contributed by atoms with Crippen LogP contribution in [0.3, 0.4) is 0 Å². The average Bonchev–Trinajstić information content (AvgIpc) is 2.99. The maximum atomic E-state index is 12.9. The van der Waals surface area contributed by atoms with Gasteiger partial charge in [0.1, 0.15) is 11.5 Å². The Morgan fingerprint density at radius 1 is 1.24 bits per heavy atom. The van der Waals surface area contributed by atoms with Crippen LogP contribution in [-0.2, 0) is 14.3 Å². The van der Waals surface area contributed by atoms with Crippen molar-refractivity contribution < 1.29 is 24.2 Å². The Kier molecular flexibility index (Phi) is 6.29. The van der Waals surface area contributed by atoms with Crippen LogP contribution in [0.2, 0.25) is 0 Å². The lowest BCUT2D eigenvalue weighted by atomic mass is 9.95. The van der Waals surface area contributed by atoms with Crippen LogP contribution in [0.15, 0.2) is 48.3 Å². The number of Topliss-reactive ketones (excluding diaryl/α,β-unsaturated/α-hetero) is 1. The van der Waals surface area contributed by atoms with Crippen LogP contribution >= 0.6 is 0 Å². The minimum absolute atomic E-state index is 0.0602. The molecule has 1 N–H and O–H groups in total. The number of aliphatic hydroxyl groups excluding tert-OH is 1. The molecule has 2 aromatic rings. The fraction of sp³-hybridized carbons (Fsp3) is 0.318. The van der Waals surface area contributed by atoms with Gasteiger partial charge in [0.05, 0.1) is 18.7 Å². The molecular weight excluding hydrogens is 372 g/mol. The maximum absolute atomic E-state index is 12.9. The van der Waals surface area contributed by atoms with E-state index in [2.05, 4.69) is 4.98 Å². The Bertz CT molecular complexity index is 939. The van der Waals surface area contributed by atoms with Gasteiger partial charge in [0.15, 0.2) is 0 Å². The number of pyridine rings is 1. The van der Waals surface area contributed by atoms with E-state index in [0.717, 1.165) is 5.56 Å². The van der Waals surface area contributed by atoms with Crippen LogP contribution in [0, 0.1) is 6.92 Å². The lowest BCUT2D eigenvalue weighted by Gasteiger charge is -2.25. The van der Waals surface area contributed by atoms with Crippen LogP contribution in [-0.4, -0.2) is 54.1 Å². The number of aliphatic hydroxyl groups is 1. The molecule has 1 unspecified atom stereocenters. The molecule has 0 spiro atoms. The van der Waals surface area contributed by atoms with Crippen molar-refractivity contribution in [2.24, 2.45) is 0 Å². The second kappa shape index (κ2) is 8.87. The summed E-state index contributed by atoms with van der Waals surface area (Å²) in [5, 5.41) is 11.0. The van der Waals surface area contributed by atoms with Gasteiger partial charge in [0.2, 0.25) is 0 Å². The van der Waals surface area contributed by atoms with Gasteiger partial charge in [-0.1, -0.05) is 6.07 Å². The fourth-order valence-electron chi connectivity index (χ4n) is 3.56. The Labute approximate surface area is 169 Å². The number of hydrogen-bond acceptors (Lipinski definition) is 6. The summed E-state index contributed by atoms with van der Waals surface area (Å²) in [6.45, 7) is 2.63. The number of ether oxygens (including phenoxy) is 2. The number of aryl methyl sites for hydroxylation is 1. The molecule has 0 bridgehead atoms. The summed E-state index contributed by atoms with van der Waals surface area (Å²) in [6.07, 6.45) is 3.79. The molecule has 0 radical (unpaired) electrons. The topological polar surface area (TPSA) is 89.0 Å². The highest BCUT2D eigenvalue weighted by atomic mass is 16.5. The molecule has 3 rings (SSSR count). The first kappa shape index (κ1) is 20.5. The Hall–Kier alpha value is -3.19. The SMILES string of the molecule is COCCCN1C(=O)C(=O)C(=C(O)c2ccc(OC)c(C)c2)C1c1cccnc1. The summed E-state index contributed by atoms with van der Waals surface area (Å²) in [4.78, 5) is 31.2. The normalized spacial score (nSPS) is 18.3. The van der Waals surface area contributed by atoms with Crippen LogP contribution in [0.5, 0.6) is 5.75 Å². The number of ketones is 1. The quantitative estimate of drug-likeness (QED) is 0.335. The molecule has 152 valence electrons. The van der Waals surface area contributed by atoms with Gasteiger partial charge in [0.25, 0.3) is 11.7 Å². The van der Waals surface area contributed by atoms with Crippen molar-refractivity contribution in [2.45, 2.75) is 19.4 Å². The predicted molar refractivity (Wildman–Crippen MR) is 107 cm³/mol. The zero-order valence-corrected chi connectivity index (χ0v) is 16.7. The van der Waals surface area contributed by atoms with Crippen molar-refractivity contribution >= 4 is 17.4 Å². The van der Waals surface area contributed by atoms with E-state index in [1.807, 2.05) is 6.92 Å². The van der Waals surface area contributed by atoms with Gasteiger partial charge in [0, 0.05) is 38.2 Å². The van der Waals surface area contributed by atoms with Crippen molar-refractivity contribution in [1.29, 1.82) is 0 Å². The molecule has 1 aliphatic rings. The molecule has 1 atom stereocenters. The second-order valence-electron chi connectivity index (χ2n) is 6.81. The van der Waals surface area contributed by atoms with Crippen LogP contribution in [0.1, 0.15) is 29.2 Å². The summed E-state index contributed by atoms with van der Waals surface area (Å²) in [7, 11) is 3.15. The van der Waals surface area contributed by atoms with Crippen molar-refractivity contribution in [2.75, 3.05) is 27.4 Å². The summed E-state index contributed by atoms with van der Waals surface area (Å²) in [5.41, 5.74) is 1.98. The number of carbonyl (C=O) groups excluding carboxylic acids is 2. The van der Waals surface area contributed by atoms with Crippen LogP contribution < -0.4 is 4.74 Å². The lowest BCUT2D eigenvalue weighted by Crippen LogP contribution is -2.31. The van der Waals surface area contributed by atoms with E-state index in [-0.39, 0.29) is 11.3 Å². The molecular formula is C22H24N2O5. The molecule has 1 fully saturated rings. The molecule has 1 aromatic carbocycles. The number of likely N-dealkylation sites (tertiary alicyclic amines) is 1. The Balaban J connectivity index is 2.11. The molecule has 1 saturated heterocycles. The molecule has 0 saturated carbocycles. The Morgan fingerprint density at radius 2 is 2.03 bits per heavy atom. The maximum Gasteiger partial charge on any atom is 0.295 e. The van der Waals surface area contributed by atoms with E-state index < -0.39 is 17.7 Å². The largest absolute Gasteiger partial charge is 0.507 e. The van der Waals surface area contributed by atoms with Crippen molar-refractivity contribution in [3.8, 4) is 5.75 Å². The third-order valence-corrected chi connectivity index (χ3v) is 4.96. The zero-order valence-electron chi connectivity index (χ0n) is 16.7. The number of amides is 1. The third-order valence-electron chi connectivity index (χ3n) is 4.96. The number of hydrogen-bond donors (Lipinski definition) is 1. The summed E-state index contributed by atoms with van der Waals surface area (Å²) >= 11 is 0. The molecule has 1 aromatic heterocycles. The highest BCUT2D eigenvalue weighted by Gasteiger charge is 2.45. The first-order valence-electron chi connectivity index (χ1n) is 9.31. The van der Waals surface area contributed by atoms with Crippen LogP contribution in [0.4, 0.5) is 0 Å². The Morgan fingerprint density at radius 3 is 2.66 bits per heavy atom. The summed E-state index contributed by atoms with van der Waals surface area (Å²) in [5.74, 6) is -0.883. The molecule has 1 aliphatic heterocycles. The fourth-order valence-corrected chi connectivity index (χ4v) is 3.56. The molecule has 0 aliphatic carbocycles. The lowest BCUT2D eigenvalue weighted by molar-refractivity contribution is -0.140. The molecule has 1 amide bonds. The number of nitrogens with zero attached hydrogens (tertiary/aromatic N) is 2. The first-order chi connectivity index (χ1) is 14.0. The average molecular weight is 396 g/mol. The zero-order chi connectivity index (χ0) is 21.0. The van der Waals surface area contributed by atoms with E-state index in [0.29, 0.717) is 36.4 Å². The molecule has 7 heteroatoms. The minimum atomic E-state index is -0.706. The predicted octanol–water partition coefficient (Wildman–Crippen LogP) is 2.86. The van der Waals surface area contributed by atoms with Gasteiger partial charge in [-0.3, -0.25) is 14.6 Å². The molecule has 2 heterocycles. The van der Waals surface area contributed by atoms with Gasteiger partial charge < -0.3 is 19.5 Å². The number of rotatable bonds is 7. The third kappa shape index (κ3) is 4.00. The monoisotopic (exact) mass is 396 g/mol. The van der Waals surface area contributed by atoms with E-state index >= 15 is 0 Å². The van der Waals surface area contributed by atoms with E-state index in [1.54, 1.807) is 56.9 Å². The minimum Gasteiger partial charge on any atom is -0.507 e. The first-order valence-corrected chi connectivity index (χ1v) is 9.31. The number of methoxy groups -OCH3 is 2. The van der Waals surface area contributed by atoms with Crippen LogP contribution in [0.25, 0.3) is 5.76 Å². The molecule has 29 heavy (non-hydrogen) atoms.